The second kappa shape index (κ2) is 11.0. The molecule has 1 amide bonds. The lowest BCUT2D eigenvalue weighted by Gasteiger charge is -2.38. The fraction of sp³-hybridized carbons (Fsp3) is 0.548. The van der Waals surface area contributed by atoms with Gasteiger partial charge in [0.25, 0.3) is 12.6 Å². The van der Waals surface area contributed by atoms with Gasteiger partial charge in [-0.2, -0.15) is 5.10 Å². The first-order chi connectivity index (χ1) is 19.0. The monoisotopic (exact) mass is 526 g/mol. The van der Waals surface area contributed by atoms with Gasteiger partial charge in [0.15, 0.2) is 0 Å². The number of rotatable bonds is 5. The fourth-order valence-corrected chi connectivity index (χ4v) is 6.65. The van der Waals surface area contributed by atoms with Gasteiger partial charge in [0.2, 0.25) is 5.91 Å². The molecule has 0 spiro atoms. The molecule has 3 aromatic heterocycles. The number of fused-ring (bicyclic) bond motifs is 1. The maximum Gasteiger partial charge on any atom is 0.272 e. The Kier molecular flexibility index (Phi) is 7.26. The summed E-state index contributed by atoms with van der Waals surface area (Å²) in [6.45, 7) is 15.4. The highest BCUT2D eigenvalue weighted by Crippen LogP contribution is 2.32. The topological polar surface area (TPSA) is 61.3 Å². The van der Waals surface area contributed by atoms with E-state index in [4.69, 9.17) is 11.6 Å². The van der Waals surface area contributed by atoms with Crippen LogP contribution in [0.25, 0.3) is 21.6 Å². The second-order valence-electron chi connectivity index (χ2n) is 11.8. The Labute approximate surface area is 231 Å². The van der Waals surface area contributed by atoms with Crippen molar-refractivity contribution >= 4 is 17.1 Å². The van der Waals surface area contributed by atoms with Crippen LogP contribution < -0.4 is 4.90 Å². The summed E-state index contributed by atoms with van der Waals surface area (Å²) in [6.07, 6.45) is 10.8. The number of amides is 1. The summed E-state index contributed by atoms with van der Waals surface area (Å²) in [5.41, 5.74) is 5.61. The molecule has 1 aliphatic carbocycles. The van der Waals surface area contributed by atoms with E-state index in [1.54, 1.807) is 0 Å². The molecule has 8 nitrogen and oxygen atoms in total. The van der Waals surface area contributed by atoms with Crippen LogP contribution in [0.3, 0.4) is 0 Å². The fourth-order valence-electron chi connectivity index (χ4n) is 6.65. The Bertz CT molecular complexity index is 1340. The van der Waals surface area contributed by atoms with E-state index in [0.29, 0.717) is 17.9 Å². The average molecular weight is 527 g/mol. The zero-order chi connectivity index (χ0) is 26.9. The van der Waals surface area contributed by atoms with Crippen LogP contribution in [0.15, 0.2) is 42.9 Å². The van der Waals surface area contributed by atoms with Crippen molar-refractivity contribution in [1.29, 1.82) is 0 Å². The van der Waals surface area contributed by atoms with Gasteiger partial charge >= 0.3 is 0 Å². The van der Waals surface area contributed by atoms with Gasteiger partial charge in [-0.3, -0.25) is 9.78 Å². The Morgan fingerprint density at radius 1 is 1.03 bits per heavy atom. The first kappa shape index (κ1) is 25.8. The quantitative estimate of drug-likeness (QED) is 0.480. The van der Waals surface area contributed by atoms with Gasteiger partial charge in [0.1, 0.15) is 0 Å². The summed E-state index contributed by atoms with van der Waals surface area (Å²) in [7, 11) is 0. The highest BCUT2D eigenvalue weighted by atomic mass is 16.2. The first-order valence-corrected chi connectivity index (χ1v) is 14.6. The minimum absolute atomic E-state index is 0.122. The Morgan fingerprint density at radius 3 is 2.49 bits per heavy atom. The van der Waals surface area contributed by atoms with E-state index in [1.807, 2.05) is 10.7 Å². The zero-order valence-electron chi connectivity index (χ0n) is 23.2. The normalized spacial score (nSPS) is 24.4. The molecule has 0 bridgehead atoms. The Hall–Kier alpha value is -3.44. The van der Waals surface area contributed by atoms with Crippen molar-refractivity contribution < 1.29 is 4.79 Å². The summed E-state index contributed by atoms with van der Waals surface area (Å²) >= 11 is 0. The largest absolute Gasteiger partial charge is 0.366 e. The predicted octanol–water partition coefficient (Wildman–Crippen LogP) is 4.76. The predicted molar refractivity (Wildman–Crippen MR) is 155 cm³/mol. The van der Waals surface area contributed by atoms with Crippen LogP contribution in [0.5, 0.6) is 0 Å². The number of aromatic nitrogens is 3. The van der Waals surface area contributed by atoms with E-state index in [1.165, 1.54) is 12.0 Å². The van der Waals surface area contributed by atoms with Crippen LogP contribution >= 0.6 is 0 Å². The third-order valence-electron chi connectivity index (χ3n) is 9.18. The van der Waals surface area contributed by atoms with Crippen molar-refractivity contribution in [2.24, 2.45) is 5.92 Å². The molecule has 204 valence electrons. The lowest BCUT2D eigenvalue weighted by molar-refractivity contribution is -0.136. The van der Waals surface area contributed by atoms with Crippen LogP contribution in [0.4, 0.5) is 5.69 Å². The Morgan fingerprint density at radius 2 is 1.82 bits per heavy atom. The van der Waals surface area contributed by atoms with Crippen molar-refractivity contribution in [3.05, 3.63) is 53.3 Å². The number of hydrogen-bond acceptors (Lipinski definition) is 5. The summed E-state index contributed by atoms with van der Waals surface area (Å²) in [4.78, 5) is 28.9. The molecule has 3 aromatic rings. The van der Waals surface area contributed by atoms with E-state index in [0.717, 1.165) is 87.4 Å². The summed E-state index contributed by atoms with van der Waals surface area (Å²) < 4.78 is 1.95. The maximum atomic E-state index is 13.1. The number of nitrogens with zero attached hydrogens (tertiary/aromatic N) is 7. The minimum atomic E-state index is 0.122. The lowest BCUT2D eigenvalue weighted by atomic mass is 9.85. The van der Waals surface area contributed by atoms with Crippen molar-refractivity contribution in [2.75, 3.05) is 44.2 Å². The van der Waals surface area contributed by atoms with Crippen molar-refractivity contribution in [2.45, 2.75) is 64.0 Å². The van der Waals surface area contributed by atoms with Crippen LogP contribution in [0, 0.1) is 12.5 Å². The summed E-state index contributed by atoms with van der Waals surface area (Å²) in [5, 5.41) is 4.58. The molecule has 3 fully saturated rings. The van der Waals surface area contributed by atoms with Crippen molar-refractivity contribution in [3.8, 4) is 17.8 Å². The highest BCUT2D eigenvalue weighted by Gasteiger charge is 2.34. The molecule has 0 N–H and O–H groups in total. The lowest BCUT2D eigenvalue weighted by Crippen LogP contribution is -2.51. The number of hydrogen-bond donors (Lipinski definition) is 0. The van der Waals surface area contributed by atoms with E-state index >= 15 is 0 Å². The van der Waals surface area contributed by atoms with Crippen molar-refractivity contribution in [3.63, 3.8) is 0 Å². The maximum absolute atomic E-state index is 13.1. The molecule has 6 rings (SSSR count). The van der Waals surface area contributed by atoms with E-state index in [-0.39, 0.29) is 12.0 Å². The van der Waals surface area contributed by atoms with Crippen molar-refractivity contribution in [1.82, 2.24) is 24.4 Å². The third kappa shape index (κ3) is 5.25. The molecule has 5 heterocycles. The average Bonchev–Trinajstić information content (AvgIpc) is 3.65. The molecule has 3 aliphatic rings. The molecule has 2 aliphatic heterocycles. The van der Waals surface area contributed by atoms with Gasteiger partial charge in [-0.05, 0) is 69.3 Å². The SMILES string of the molecule is C#[N+]C1CCC(C(=O)N2CCN(c3ccnn4cc(-c5ccc([C@H]6CCN(C(C)C)C6)cn5)cc34)CC2)CC1. The zero-order valence-corrected chi connectivity index (χ0v) is 23.2. The molecule has 0 aromatic carbocycles. The smallest absolute Gasteiger partial charge is 0.272 e. The minimum Gasteiger partial charge on any atom is -0.366 e. The second-order valence-corrected chi connectivity index (χ2v) is 11.8. The van der Waals surface area contributed by atoms with Gasteiger partial charge in [-0.1, -0.05) is 10.9 Å². The summed E-state index contributed by atoms with van der Waals surface area (Å²) in [6, 6.07) is 9.51. The molecular formula is C31H40N7O+. The van der Waals surface area contributed by atoms with Crippen LogP contribution in [0.1, 0.15) is 57.4 Å². The molecule has 2 saturated heterocycles. The van der Waals surface area contributed by atoms with E-state index < -0.39 is 0 Å². The number of anilines is 1. The standard InChI is InChI=1S/C31H40N7O/c1-22(2)37-13-11-25(20-37)24-6-9-28(33-19-24)26-18-30-29(10-12-34-38(30)21-26)35-14-16-36(17-15-35)31(39)23-4-7-27(32-3)8-5-23/h3,6,9-10,12,18-19,21-23,25,27H,4-5,7-8,11,13-17,20H2,1-2H3/q+1/t23?,25-,27?/m0/s1. The van der Waals surface area contributed by atoms with Gasteiger partial charge in [0.05, 0.1) is 16.9 Å². The van der Waals surface area contributed by atoms with Crippen LogP contribution in [-0.2, 0) is 4.79 Å². The first-order valence-electron chi connectivity index (χ1n) is 14.6. The number of piperazine rings is 1. The van der Waals surface area contributed by atoms with E-state index in [9.17, 15) is 4.79 Å². The Balaban J connectivity index is 1.12. The van der Waals surface area contributed by atoms with Gasteiger partial charge in [0, 0.05) is 81.7 Å². The number of carbonyl (C=O) groups is 1. The molecule has 0 radical (unpaired) electrons. The molecular weight excluding hydrogens is 486 g/mol. The molecule has 0 unspecified atom stereocenters. The van der Waals surface area contributed by atoms with Crippen LogP contribution in [-0.4, -0.2) is 81.7 Å². The van der Waals surface area contributed by atoms with Crippen LogP contribution in [0.2, 0.25) is 0 Å². The summed E-state index contributed by atoms with van der Waals surface area (Å²) in [5.74, 6) is 0.994. The number of pyridine rings is 1. The van der Waals surface area contributed by atoms with Gasteiger partial charge < -0.3 is 14.7 Å². The van der Waals surface area contributed by atoms with Gasteiger partial charge in [-0.25, -0.2) is 4.52 Å². The molecule has 8 heteroatoms. The van der Waals surface area contributed by atoms with Gasteiger partial charge in [-0.15, -0.1) is 0 Å². The third-order valence-corrected chi connectivity index (χ3v) is 9.18. The number of carbonyl (C=O) groups excluding carboxylic acids is 1. The molecule has 39 heavy (non-hydrogen) atoms. The van der Waals surface area contributed by atoms with E-state index in [2.05, 4.69) is 75.2 Å². The highest BCUT2D eigenvalue weighted by molar-refractivity contribution is 5.81. The molecule has 1 atom stereocenters. The number of likely N-dealkylation sites (tertiary alicyclic amines) is 1. The molecule has 1 saturated carbocycles.